The van der Waals surface area contributed by atoms with Crippen LogP contribution in [0.15, 0.2) is 0 Å². The number of hydrogen-bond acceptors (Lipinski definition) is 2. The van der Waals surface area contributed by atoms with Crippen LogP contribution in [0.3, 0.4) is 0 Å². The van der Waals surface area contributed by atoms with E-state index in [2.05, 4.69) is 5.32 Å². The average Bonchev–Trinajstić information content (AvgIpc) is 2.47. The van der Waals surface area contributed by atoms with E-state index in [9.17, 15) is 18.0 Å². The molecule has 0 spiro atoms. The standard InChI is InChI=1S/C15H25F3N2O/c1-19-10-13-7-2-3-8-20(13)14(21)11-5-4-6-12(9-11)15(16,17)18/h11-13,19H,2-10H2,1H3. The molecule has 2 aliphatic rings. The molecule has 122 valence electrons. The summed E-state index contributed by atoms with van der Waals surface area (Å²) in [5.41, 5.74) is 0. The molecular weight excluding hydrogens is 281 g/mol. The topological polar surface area (TPSA) is 32.3 Å². The van der Waals surface area contributed by atoms with Crippen LogP contribution in [0.5, 0.6) is 0 Å². The number of amides is 1. The molecule has 3 atom stereocenters. The zero-order valence-corrected chi connectivity index (χ0v) is 12.6. The van der Waals surface area contributed by atoms with E-state index in [1.807, 2.05) is 11.9 Å². The number of halogens is 3. The number of alkyl halides is 3. The van der Waals surface area contributed by atoms with E-state index in [1.54, 1.807) is 0 Å². The monoisotopic (exact) mass is 306 g/mol. The van der Waals surface area contributed by atoms with E-state index < -0.39 is 18.0 Å². The van der Waals surface area contributed by atoms with Crippen molar-refractivity contribution < 1.29 is 18.0 Å². The number of nitrogens with one attached hydrogen (secondary N) is 1. The number of rotatable bonds is 3. The van der Waals surface area contributed by atoms with Gasteiger partial charge in [-0.05, 0) is 45.6 Å². The molecule has 3 unspecified atom stereocenters. The first kappa shape index (κ1) is 16.6. The Morgan fingerprint density at radius 1 is 1.19 bits per heavy atom. The van der Waals surface area contributed by atoms with Crippen molar-refractivity contribution in [3.63, 3.8) is 0 Å². The number of likely N-dealkylation sites (tertiary alicyclic amines) is 1. The van der Waals surface area contributed by atoms with Gasteiger partial charge in [-0.3, -0.25) is 4.79 Å². The molecule has 0 aromatic carbocycles. The highest BCUT2D eigenvalue weighted by atomic mass is 19.4. The molecule has 0 bridgehead atoms. The van der Waals surface area contributed by atoms with Crippen molar-refractivity contribution in [2.45, 2.75) is 57.2 Å². The second kappa shape index (κ2) is 6.99. The molecule has 1 aliphatic carbocycles. The Kier molecular flexibility index (Phi) is 5.52. The summed E-state index contributed by atoms with van der Waals surface area (Å²) in [5.74, 6) is -1.79. The lowest BCUT2D eigenvalue weighted by molar-refractivity contribution is -0.187. The van der Waals surface area contributed by atoms with Crippen molar-refractivity contribution in [2.75, 3.05) is 20.1 Å². The second-order valence-corrected chi connectivity index (χ2v) is 6.34. The first-order valence-corrected chi connectivity index (χ1v) is 7.95. The number of nitrogens with zero attached hydrogens (tertiary/aromatic N) is 1. The summed E-state index contributed by atoms with van der Waals surface area (Å²) >= 11 is 0. The molecule has 1 heterocycles. The van der Waals surface area contributed by atoms with Gasteiger partial charge in [0.15, 0.2) is 0 Å². The summed E-state index contributed by atoms with van der Waals surface area (Å²) in [7, 11) is 1.84. The van der Waals surface area contributed by atoms with Crippen LogP contribution in [-0.4, -0.2) is 43.2 Å². The van der Waals surface area contributed by atoms with Gasteiger partial charge in [0.2, 0.25) is 5.91 Å². The predicted octanol–water partition coefficient (Wildman–Crippen LogP) is 2.96. The molecule has 2 rings (SSSR count). The van der Waals surface area contributed by atoms with Crippen molar-refractivity contribution >= 4 is 5.91 Å². The molecule has 1 amide bonds. The van der Waals surface area contributed by atoms with Gasteiger partial charge in [-0.25, -0.2) is 0 Å². The maximum absolute atomic E-state index is 12.9. The summed E-state index contributed by atoms with van der Waals surface area (Å²) in [6.07, 6.45) is 0.0954. The lowest BCUT2D eigenvalue weighted by atomic mass is 9.80. The molecule has 0 aromatic rings. The van der Waals surface area contributed by atoms with Crippen LogP contribution >= 0.6 is 0 Å². The predicted molar refractivity (Wildman–Crippen MR) is 74.8 cm³/mol. The number of hydrogen-bond donors (Lipinski definition) is 1. The fourth-order valence-electron chi connectivity index (χ4n) is 3.68. The van der Waals surface area contributed by atoms with Crippen molar-refractivity contribution in [2.24, 2.45) is 11.8 Å². The lowest BCUT2D eigenvalue weighted by Crippen LogP contribution is -2.51. The van der Waals surface area contributed by atoms with Crippen LogP contribution in [0.25, 0.3) is 0 Å². The lowest BCUT2D eigenvalue weighted by Gasteiger charge is -2.40. The van der Waals surface area contributed by atoms with Crippen molar-refractivity contribution in [3.05, 3.63) is 0 Å². The van der Waals surface area contributed by atoms with E-state index in [4.69, 9.17) is 0 Å². The van der Waals surface area contributed by atoms with Crippen molar-refractivity contribution in [1.82, 2.24) is 10.2 Å². The van der Waals surface area contributed by atoms with Crippen molar-refractivity contribution in [1.29, 1.82) is 0 Å². The number of carbonyl (C=O) groups is 1. The minimum atomic E-state index is -4.16. The molecule has 1 N–H and O–H groups in total. The number of carbonyl (C=O) groups excluding carboxylic acids is 1. The molecular formula is C15H25F3N2O. The van der Waals surface area contributed by atoms with Crippen LogP contribution < -0.4 is 5.32 Å². The van der Waals surface area contributed by atoms with Crippen molar-refractivity contribution in [3.8, 4) is 0 Å². The molecule has 1 aliphatic heterocycles. The van der Waals surface area contributed by atoms with E-state index in [0.29, 0.717) is 19.4 Å². The van der Waals surface area contributed by atoms with Gasteiger partial charge >= 0.3 is 6.18 Å². The molecule has 3 nitrogen and oxygen atoms in total. The van der Waals surface area contributed by atoms with Gasteiger partial charge in [0.1, 0.15) is 0 Å². The van der Waals surface area contributed by atoms with Crippen LogP contribution in [0.4, 0.5) is 13.2 Å². The summed E-state index contributed by atoms with van der Waals surface area (Å²) in [4.78, 5) is 14.5. The van der Waals surface area contributed by atoms with Gasteiger partial charge < -0.3 is 10.2 Å². The molecule has 2 fully saturated rings. The quantitative estimate of drug-likeness (QED) is 0.869. The third-order valence-corrected chi connectivity index (χ3v) is 4.84. The third-order valence-electron chi connectivity index (χ3n) is 4.84. The van der Waals surface area contributed by atoms with Gasteiger partial charge in [0.25, 0.3) is 0 Å². The van der Waals surface area contributed by atoms with E-state index in [-0.39, 0.29) is 24.8 Å². The summed E-state index contributed by atoms with van der Waals surface area (Å²) in [6, 6.07) is 0.141. The largest absolute Gasteiger partial charge is 0.391 e. The number of piperidine rings is 1. The van der Waals surface area contributed by atoms with Gasteiger partial charge in [0.05, 0.1) is 5.92 Å². The minimum Gasteiger partial charge on any atom is -0.338 e. The molecule has 0 aromatic heterocycles. The Bertz CT molecular complexity index is 357. The fraction of sp³-hybridized carbons (Fsp3) is 0.933. The van der Waals surface area contributed by atoms with Crippen LogP contribution in [0, 0.1) is 11.8 Å². The molecule has 0 radical (unpaired) electrons. The van der Waals surface area contributed by atoms with Crippen LogP contribution in [0.2, 0.25) is 0 Å². The van der Waals surface area contributed by atoms with Gasteiger partial charge in [0, 0.05) is 25.0 Å². The number of likely N-dealkylation sites (N-methyl/N-ethyl adjacent to an activating group) is 1. The Morgan fingerprint density at radius 3 is 2.62 bits per heavy atom. The Balaban J connectivity index is 2.00. The highest BCUT2D eigenvalue weighted by Crippen LogP contribution is 2.40. The fourth-order valence-corrected chi connectivity index (χ4v) is 3.68. The van der Waals surface area contributed by atoms with Gasteiger partial charge in [-0.1, -0.05) is 6.42 Å². The maximum Gasteiger partial charge on any atom is 0.391 e. The zero-order valence-electron chi connectivity index (χ0n) is 12.6. The first-order chi connectivity index (χ1) is 9.93. The highest BCUT2D eigenvalue weighted by molar-refractivity contribution is 5.79. The average molecular weight is 306 g/mol. The molecule has 21 heavy (non-hydrogen) atoms. The summed E-state index contributed by atoms with van der Waals surface area (Å²) in [6.45, 7) is 1.42. The smallest absolute Gasteiger partial charge is 0.338 e. The van der Waals surface area contributed by atoms with E-state index in [0.717, 1.165) is 25.8 Å². The Labute approximate surface area is 124 Å². The van der Waals surface area contributed by atoms with Crippen LogP contribution in [-0.2, 0) is 4.79 Å². The zero-order chi connectivity index (χ0) is 15.5. The van der Waals surface area contributed by atoms with E-state index >= 15 is 0 Å². The molecule has 1 saturated carbocycles. The SMILES string of the molecule is CNCC1CCCCN1C(=O)C1CCCC(C(F)(F)F)C1. The van der Waals surface area contributed by atoms with Gasteiger partial charge in [-0.15, -0.1) is 0 Å². The normalized spacial score (nSPS) is 31.2. The Morgan fingerprint density at radius 2 is 1.95 bits per heavy atom. The van der Waals surface area contributed by atoms with Gasteiger partial charge in [-0.2, -0.15) is 13.2 Å². The highest BCUT2D eigenvalue weighted by Gasteiger charge is 2.44. The second-order valence-electron chi connectivity index (χ2n) is 6.34. The summed E-state index contributed by atoms with van der Waals surface area (Å²) in [5, 5.41) is 3.08. The Hall–Kier alpha value is -0.780. The van der Waals surface area contributed by atoms with E-state index in [1.165, 1.54) is 0 Å². The summed E-state index contributed by atoms with van der Waals surface area (Å²) < 4.78 is 38.6. The maximum atomic E-state index is 12.9. The minimum absolute atomic E-state index is 0.0227. The third kappa shape index (κ3) is 4.11. The molecule has 6 heteroatoms. The molecule has 1 saturated heterocycles. The van der Waals surface area contributed by atoms with Crippen LogP contribution in [0.1, 0.15) is 44.9 Å². The first-order valence-electron chi connectivity index (χ1n) is 7.95.